The molecule has 5 heteroatoms. The molecule has 0 saturated carbocycles. The number of nitrogens with one attached hydrogen (secondary N) is 1. The van der Waals surface area contributed by atoms with Crippen molar-refractivity contribution in [3.8, 4) is 5.75 Å². The van der Waals surface area contributed by atoms with Crippen molar-refractivity contribution in [1.82, 2.24) is 9.88 Å². The molecule has 0 fully saturated rings. The maximum atomic E-state index is 13.0. The van der Waals surface area contributed by atoms with Gasteiger partial charge >= 0.3 is 0 Å². The summed E-state index contributed by atoms with van der Waals surface area (Å²) in [6, 6.07) is 20.8. The maximum Gasteiger partial charge on any atom is 0.293 e. The molecule has 0 spiro atoms. The zero-order valence-electron chi connectivity index (χ0n) is 15.6. The van der Waals surface area contributed by atoms with Crippen molar-refractivity contribution in [2.24, 2.45) is 7.05 Å². The van der Waals surface area contributed by atoms with Gasteiger partial charge in [0.1, 0.15) is 0 Å². The molecule has 0 radical (unpaired) electrons. The van der Waals surface area contributed by atoms with Crippen molar-refractivity contribution in [3.05, 3.63) is 88.2 Å². The molecule has 1 amide bonds. The number of rotatable bonds is 3. The SMILES string of the molecule is C[C@@H](NC(=O)c1c(O)c(=O)n(C)c2ccccc12)c1ccc2ccccc2c1. The van der Waals surface area contributed by atoms with Gasteiger partial charge in [0.2, 0.25) is 0 Å². The number of hydrogen-bond donors (Lipinski definition) is 2. The second-order valence-electron chi connectivity index (χ2n) is 6.91. The first-order valence-corrected chi connectivity index (χ1v) is 9.07. The number of amides is 1. The van der Waals surface area contributed by atoms with Crippen molar-refractivity contribution >= 4 is 27.6 Å². The number of carbonyl (C=O) groups is 1. The van der Waals surface area contributed by atoms with Gasteiger partial charge in [0.15, 0.2) is 5.75 Å². The van der Waals surface area contributed by atoms with Gasteiger partial charge in [-0.1, -0.05) is 54.6 Å². The normalized spacial score (nSPS) is 12.2. The highest BCUT2D eigenvalue weighted by Crippen LogP contribution is 2.25. The van der Waals surface area contributed by atoms with Crippen LogP contribution in [0.4, 0.5) is 0 Å². The second-order valence-corrected chi connectivity index (χ2v) is 6.91. The lowest BCUT2D eigenvalue weighted by molar-refractivity contribution is 0.0938. The van der Waals surface area contributed by atoms with Crippen molar-refractivity contribution in [1.29, 1.82) is 0 Å². The Kier molecular flexibility index (Phi) is 4.35. The summed E-state index contributed by atoms with van der Waals surface area (Å²) in [5, 5.41) is 16.0. The van der Waals surface area contributed by atoms with Crippen LogP contribution in [-0.2, 0) is 7.05 Å². The molecule has 0 unspecified atom stereocenters. The average Bonchev–Trinajstić information content (AvgIpc) is 2.72. The van der Waals surface area contributed by atoms with Crippen LogP contribution in [0.2, 0.25) is 0 Å². The molecule has 3 aromatic carbocycles. The highest BCUT2D eigenvalue weighted by Gasteiger charge is 2.22. The van der Waals surface area contributed by atoms with Crippen molar-refractivity contribution in [2.75, 3.05) is 0 Å². The van der Waals surface area contributed by atoms with Gasteiger partial charge in [0, 0.05) is 12.4 Å². The third kappa shape index (κ3) is 2.91. The number of para-hydroxylation sites is 1. The zero-order valence-corrected chi connectivity index (χ0v) is 15.6. The Balaban J connectivity index is 1.73. The van der Waals surface area contributed by atoms with Gasteiger partial charge in [-0.15, -0.1) is 0 Å². The number of aromatic nitrogens is 1. The molecule has 1 atom stereocenters. The van der Waals surface area contributed by atoms with E-state index in [1.54, 1.807) is 31.3 Å². The van der Waals surface area contributed by atoms with Gasteiger partial charge in [-0.25, -0.2) is 0 Å². The number of nitrogens with zero attached hydrogens (tertiary/aromatic N) is 1. The number of aryl methyl sites for hydroxylation is 1. The molecule has 0 aliphatic heterocycles. The first-order chi connectivity index (χ1) is 13.5. The summed E-state index contributed by atoms with van der Waals surface area (Å²) in [5.74, 6) is -1.02. The summed E-state index contributed by atoms with van der Waals surface area (Å²) < 4.78 is 1.34. The summed E-state index contributed by atoms with van der Waals surface area (Å²) in [6.07, 6.45) is 0. The highest BCUT2D eigenvalue weighted by molar-refractivity contribution is 6.08. The fourth-order valence-corrected chi connectivity index (χ4v) is 3.54. The lowest BCUT2D eigenvalue weighted by Crippen LogP contribution is -2.29. The molecule has 0 bridgehead atoms. The highest BCUT2D eigenvalue weighted by atomic mass is 16.3. The molecule has 1 aromatic heterocycles. The number of aromatic hydroxyl groups is 1. The smallest absolute Gasteiger partial charge is 0.293 e. The van der Waals surface area contributed by atoms with Gasteiger partial charge in [0.05, 0.1) is 17.1 Å². The Morgan fingerprint density at radius 2 is 1.68 bits per heavy atom. The molecular formula is C23H20N2O3. The van der Waals surface area contributed by atoms with E-state index in [0.717, 1.165) is 16.3 Å². The first kappa shape index (κ1) is 17.8. The van der Waals surface area contributed by atoms with Gasteiger partial charge in [0.25, 0.3) is 11.5 Å². The van der Waals surface area contributed by atoms with Crippen LogP contribution in [0.15, 0.2) is 71.5 Å². The summed E-state index contributed by atoms with van der Waals surface area (Å²) in [5.41, 5.74) is 0.946. The molecule has 0 saturated heterocycles. The van der Waals surface area contributed by atoms with Crippen LogP contribution in [0.5, 0.6) is 5.75 Å². The van der Waals surface area contributed by atoms with Crippen LogP contribution in [0.25, 0.3) is 21.7 Å². The molecule has 2 N–H and O–H groups in total. The van der Waals surface area contributed by atoms with Crippen molar-refractivity contribution in [3.63, 3.8) is 0 Å². The van der Waals surface area contributed by atoms with E-state index in [4.69, 9.17) is 0 Å². The molecule has 0 aliphatic rings. The lowest BCUT2D eigenvalue weighted by Gasteiger charge is -2.17. The van der Waals surface area contributed by atoms with Gasteiger partial charge in [-0.3, -0.25) is 9.59 Å². The summed E-state index contributed by atoms with van der Waals surface area (Å²) in [7, 11) is 1.57. The Hall–Kier alpha value is -3.60. The molecule has 0 aliphatic carbocycles. The second kappa shape index (κ2) is 6.85. The van der Waals surface area contributed by atoms with Crippen LogP contribution < -0.4 is 10.9 Å². The monoisotopic (exact) mass is 372 g/mol. The van der Waals surface area contributed by atoms with E-state index in [2.05, 4.69) is 5.32 Å². The van der Waals surface area contributed by atoms with E-state index in [1.807, 2.05) is 49.4 Å². The van der Waals surface area contributed by atoms with Gasteiger partial charge in [-0.05, 0) is 35.4 Å². The number of fused-ring (bicyclic) bond motifs is 2. The van der Waals surface area contributed by atoms with E-state index in [-0.39, 0.29) is 11.6 Å². The maximum absolute atomic E-state index is 13.0. The van der Waals surface area contributed by atoms with E-state index >= 15 is 0 Å². The average molecular weight is 372 g/mol. The van der Waals surface area contributed by atoms with E-state index in [9.17, 15) is 14.7 Å². The third-order valence-electron chi connectivity index (χ3n) is 5.13. The van der Waals surface area contributed by atoms with Crippen molar-refractivity contribution < 1.29 is 9.90 Å². The molecule has 4 rings (SSSR count). The van der Waals surface area contributed by atoms with Gasteiger partial charge in [-0.2, -0.15) is 0 Å². The predicted molar refractivity (Wildman–Crippen MR) is 111 cm³/mol. The first-order valence-electron chi connectivity index (χ1n) is 9.07. The topological polar surface area (TPSA) is 71.3 Å². The number of benzene rings is 3. The Morgan fingerprint density at radius 3 is 2.46 bits per heavy atom. The van der Waals surface area contributed by atoms with Crippen LogP contribution >= 0.6 is 0 Å². The lowest BCUT2D eigenvalue weighted by atomic mass is 10.0. The van der Waals surface area contributed by atoms with Crippen LogP contribution in [0.1, 0.15) is 28.9 Å². The fourth-order valence-electron chi connectivity index (χ4n) is 3.54. The van der Waals surface area contributed by atoms with Crippen LogP contribution in [-0.4, -0.2) is 15.6 Å². The summed E-state index contributed by atoms with van der Waals surface area (Å²) in [4.78, 5) is 25.3. The minimum absolute atomic E-state index is 0.00587. The standard InChI is InChI=1S/C23H20N2O3/c1-14(16-12-11-15-7-3-4-8-17(15)13-16)24-22(27)20-18-9-5-6-10-19(18)25(2)23(28)21(20)26/h3-14,26H,1-2H3,(H,24,27)/t14-/m1/s1. The molecule has 140 valence electrons. The minimum atomic E-state index is -0.595. The minimum Gasteiger partial charge on any atom is -0.502 e. The Labute approximate surface area is 161 Å². The van der Waals surface area contributed by atoms with Gasteiger partial charge < -0.3 is 15.0 Å². The molecule has 1 heterocycles. The van der Waals surface area contributed by atoms with E-state index in [0.29, 0.717) is 10.9 Å². The molecule has 4 aromatic rings. The van der Waals surface area contributed by atoms with E-state index in [1.165, 1.54) is 4.57 Å². The summed E-state index contributed by atoms with van der Waals surface area (Å²) >= 11 is 0. The summed E-state index contributed by atoms with van der Waals surface area (Å²) in [6.45, 7) is 1.88. The third-order valence-corrected chi connectivity index (χ3v) is 5.13. The molecule has 28 heavy (non-hydrogen) atoms. The quantitative estimate of drug-likeness (QED) is 0.573. The molecular weight excluding hydrogens is 352 g/mol. The number of hydrogen-bond acceptors (Lipinski definition) is 3. The largest absolute Gasteiger partial charge is 0.502 e. The van der Waals surface area contributed by atoms with Crippen molar-refractivity contribution in [2.45, 2.75) is 13.0 Å². The Bertz CT molecular complexity index is 1270. The fraction of sp³-hybridized carbons (Fsp3) is 0.130. The van der Waals surface area contributed by atoms with Crippen LogP contribution in [0, 0.1) is 0 Å². The molecule has 5 nitrogen and oxygen atoms in total. The Morgan fingerprint density at radius 1 is 1.00 bits per heavy atom. The number of pyridine rings is 1. The van der Waals surface area contributed by atoms with Crippen LogP contribution in [0.3, 0.4) is 0 Å². The zero-order chi connectivity index (χ0) is 19.8. The number of carbonyl (C=O) groups excluding carboxylic acids is 1. The predicted octanol–water partition coefficient (Wildman–Crippen LogP) is 3.89. The van der Waals surface area contributed by atoms with E-state index < -0.39 is 17.2 Å².